The van der Waals surface area contributed by atoms with Crippen molar-refractivity contribution < 1.29 is 19.5 Å². The molecule has 0 atom stereocenters. The smallest absolute Gasteiger partial charge is 0.290 e. The second-order valence-corrected chi connectivity index (χ2v) is 9.85. The molecule has 1 aromatic carbocycles. The first-order valence-corrected chi connectivity index (χ1v) is 11.7. The van der Waals surface area contributed by atoms with Gasteiger partial charge in [-0.25, -0.2) is 4.98 Å². The van der Waals surface area contributed by atoms with Crippen molar-refractivity contribution in [1.82, 2.24) is 20.2 Å². The first-order chi connectivity index (χ1) is 16.4. The molecule has 4 heterocycles. The number of aliphatic hydroxyl groups is 1. The Balaban J connectivity index is 1.31. The molecule has 0 unspecified atom stereocenters. The van der Waals surface area contributed by atoms with E-state index in [1.54, 1.807) is 17.0 Å². The van der Waals surface area contributed by atoms with E-state index in [4.69, 9.17) is 0 Å². The van der Waals surface area contributed by atoms with Gasteiger partial charge in [0.2, 0.25) is 5.95 Å². The van der Waals surface area contributed by atoms with E-state index < -0.39 is 11.1 Å². The van der Waals surface area contributed by atoms with Crippen LogP contribution in [0.2, 0.25) is 0 Å². The van der Waals surface area contributed by atoms with Gasteiger partial charge in [0.25, 0.3) is 17.1 Å². The van der Waals surface area contributed by atoms with Crippen molar-refractivity contribution in [3.8, 4) is 0 Å². The molecule has 0 aliphatic carbocycles. The lowest BCUT2D eigenvalue weighted by Crippen LogP contribution is -2.73. The molecule has 2 N–H and O–H groups in total. The number of aromatic nitrogens is 2. The van der Waals surface area contributed by atoms with Gasteiger partial charge in [-0.05, 0) is 30.0 Å². The molecule has 34 heavy (non-hydrogen) atoms. The van der Waals surface area contributed by atoms with Crippen molar-refractivity contribution in [2.24, 2.45) is 5.41 Å². The Morgan fingerprint density at radius 1 is 1.21 bits per heavy atom. The van der Waals surface area contributed by atoms with E-state index in [0.717, 1.165) is 24.9 Å². The maximum atomic E-state index is 12.6. The maximum Gasteiger partial charge on any atom is 0.290 e. The number of hydrogen-bond acceptors (Lipinski definition) is 9. The number of thioether (sulfide) groups is 1. The molecule has 176 valence electrons. The van der Waals surface area contributed by atoms with Crippen molar-refractivity contribution in [2.75, 3.05) is 56.2 Å². The maximum absolute atomic E-state index is 12.6. The minimum atomic E-state index is -0.444. The summed E-state index contributed by atoms with van der Waals surface area (Å²) in [5.74, 6) is 0.726. The molecule has 3 aliphatic rings. The largest absolute Gasteiger partial charge is 0.395 e. The average molecular weight is 481 g/mol. The fourth-order valence-electron chi connectivity index (χ4n) is 4.45. The van der Waals surface area contributed by atoms with Crippen LogP contribution in [0.3, 0.4) is 0 Å². The lowest BCUT2D eigenvalue weighted by atomic mass is 9.72. The zero-order valence-electron chi connectivity index (χ0n) is 18.6. The Kier molecular flexibility index (Phi) is 5.74. The highest BCUT2D eigenvalue weighted by Crippen LogP contribution is 2.42. The number of carbonyl (C=O) groups excluding carboxylic acids is 3. The van der Waals surface area contributed by atoms with Crippen LogP contribution >= 0.6 is 11.8 Å². The van der Waals surface area contributed by atoms with E-state index in [1.807, 2.05) is 42.3 Å². The second kappa shape index (κ2) is 8.73. The molecule has 2 aromatic rings. The van der Waals surface area contributed by atoms with Gasteiger partial charge >= 0.3 is 0 Å². The van der Waals surface area contributed by atoms with Gasteiger partial charge in [0.1, 0.15) is 5.82 Å². The van der Waals surface area contributed by atoms with Crippen molar-refractivity contribution in [3.05, 3.63) is 52.6 Å². The van der Waals surface area contributed by atoms with Crippen LogP contribution in [0.5, 0.6) is 0 Å². The zero-order valence-corrected chi connectivity index (χ0v) is 19.4. The van der Waals surface area contributed by atoms with E-state index in [-0.39, 0.29) is 22.8 Å². The van der Waals surface area contributed by atoms with E-state index in [2.05, 4.69) is 20.2 Å². The number of aliphatic hydroxyl groups excluding tert-OH is 1. The minimum absolute atomic E-state index is 0.0306. The summed E-state index contributed by atoms with van der Waals surface area (Å²) in [4.78, 5) is 51.4. The monoisotopic (exact) mass is 480 g/mol. The molecule has 1 aromatic heterocycles. The van der Waals surface area contributed by atoms with Gasteiger partial charge in [0, 0.05) is 56.8 Å². The summed E-state index contributed by atoms with van der Waals surface area (Å²) in [6.07, 6.45) is 1.57. The molecule has 1 spiro atoms. The molecule has 0 bridgehead atoms. The lowest BCUT2D eigenvalue weighted by molar-refractivity contribution is -0.115. The summed E-state index contributed by atoms with van der Waals surface area (Å²) in [5, 5.41) is 11.2. The Labute approximate surface area is 200 Å². The quantitative estimate of drug-likeness (QED) is 0.588. The number of likely N-dealkylation sites (N-methyl/N-ethyl adjacent to an activating group) is 1. The highest BCUT2D eigenvalue weighted by atomic mass is 32.2. The van der Waals surface area contributed by atoms with Crippen LogP contribution in [0.1, 0.15) is 16.1 Å². The zero-order chi connectivity index (χ0) is 23.9. The van der Waals surface area contributed by atoms with Crippen LogP contribution in [0.4, 0.5) is 16.6 Å². The number of benzene rings is 1. The molecule has 0 saturated carbocycles. The number of nitrogens with zero attached hydrogens (tertiary/aromatic N) is 5. The van der Waals surface area contributed by atoms with E-state index in [1.165, 1.54) is 0 Å². The first-order valence-electron chi connectivity index (χ1n) is 10.9. The van der Waals surface area contributed by atoms with Crippen LogP contribution in [0.15, 0.2) is 41.3 Å². The summed E-state index contributed by atoms with van der Waals surface area (Å²) >= 11 is 0.837. The third-order valence-electron chi connectivity index (χ3n) is 6.16. The molecule has 5 rings (SSSR count). The average Bonchev–Trinajstić information content (AvgIpc) is 3.08. The second-order valence-electron chi connectivity index (χ2n) is 8.83. The predicted octanol–water partition coefficient (Wildman–Crippen LogP) is 1.19. The highest BCUT2D eigenvalue weighted by Gasteiger charge is 2.54. The third-order valence-corrected chi connectivity index (χ3v) is 6.97. The van der Waals surface area contributed by atoms with Crippen LogP contribution in [0.25, 0.3) is 6.08 Å². The SMILES string of the molecule is CN(CCO)c1cc(/C=C2/SC(=O)NC2=O)nc(N2CC3(CN(C(=O)c4ccccc4)C3)C2)n1. The van der Waals surface area contributed by atoms with Gasteiger partial charge < -0.3 is 19.8 Å². The van der Waals surface area contributed by atoms with Gasteiger partial charge in [-0.15, -0.1) is 0 Å². The topological polar surface area (TPSA) is 119 Å². The van der Waals surface area contributed by atoms with Crippen molar-refractivity contribution >= 4 is 46.7 Å². The molecule has 3 fully saturated rings. The summed E-state index contributed by atoms with van der Waals surface area (Å²) in [6, 6.07) is 11.0. The molecule has 3 aliphatic heterocycles. The Morgan fingerprint density at radius 3 is 2.59 bits per heavy atom. The number of likely N-dealkylation sites (tertiary alicyclic amines) is 1. The van der Waals surface area contributed by atoms with Crippen molar-refractivity contribution in [2.45, 2.75) is 0 Å². The van der Waals surface area contributed by atoms with Crippen LogP contribution in [0, 0.1) is 5.41 Å². The minimum Gasteiger partial charge on any atom is -0.395 e. The number of imide groups is 1. The number of anilines is 2. The van der Waals surface area contributed by atoms with Gasteiger partial charge in [-0.3, -0.25) is 19.7 Å². The van der Waals surface area contributed by atoms with Crippen LogP contribution in [-0.4, -0.2) is 83.4 Å². The first kappa shape index (κ1) is 22.4. The normalized spacial score (nSPS) is 19.8. The Hall–Kier alpha value is -3.44. The van der Waals surface area contributed by atoms with Crippen molar-refractivity contribution in [1.29, 1.82) is 0 Å². The Bertz CT molecular complexity index is 1170. The predicted molar refractivity (Wildman–Crippen MR) is 128 cm³/mol. The van der Waals surface area contributed by atoms with E-state index in [0.29, 0.717) is 42.7 Å². The summed E-state index contributed by atoms with van der Waals surface area (Å²) in [6.45, 7) is 3.19. The third kappa shape index (κ3) is 4.24. The number of hydrogen-bond donors (Lipinski definition) is 2. The van der Waals surface area contributed by atoms with Crippen LogP contribution < -0.4 is 15.1 Å². The number of rotatable bonds is 6. The van der Waals surface area contributed by atoms with Crippen LogP contribution in [-0.2, 0) is 4.79 Å². The van der Waals surface area contributed by atoms with Gasteiger partial charge in [0.15, 0.2) is 0 Å². The molecular weight excluding hydrogens is 456 g/mol. The van der Waals surface area contributed by atoms with E-state index >= 15 is 0 Å². The fourth-order valence-corrected chi connectivity index (χ4v) is 5.11. The van der Waals surface area contributed by atoms with Gasteiger partial charge in [-0.1, -0.05) is 18.2 Å². The highest BCUT2D eigenvalue weighted by molar-refractivity contribution is 8.18. The van der Waals surface area contributed by atoms with Crippen molar-refractivity contribution in [3.63, 3.8) is 0 Å². The number of carbonyl (C=O) groups is 3. The molecule has 3 saturated heterocycles. The molecule has 11 heteroatoms. The van der Waals surface area contributed by atoms with E-state index in [9.17, 15) is 19.5 Å². The molecule has 10 nitrogen and oxygen atoms in total. The van der Waals surface area contributed by atoms with Gasteiger partial charge in [-0.2, -0.15) is 4.98 Å². The molecular formula is C23H24N6O4S. The lowest BCUT2D eigenvalue weighted by Gasteiger charge is -2.60. The summed E-state index contributed by atoms with van der Waals surface area (Å²) < 4.78 is 0. The number of amides is 3. The summed E-state index contributed by atoms with van der Waals surface area (Å²) in [5.41, 5.74) is 1.24. The number of nitrogens with one attached hydrogen (secondary N) is 1. The summed E-state index contributed by atoms with van der Waals surface area (Å²) in [7, 11) is 1.82. The Morgan fingerprint density at radius 2 is 1.94 bits per heavy atom. The molecule has 3 amide bonds. The molecule has 0 radical (unpaired) electrons. The standard InChI is InChI=1S/C23H24N6O4S/c1-27(7-8-30)18-10-16(9-17-19(31)26-22(33)34-17)24-21(25-18)29-13-23(14-29)11-28(12-23)20(32)15-5-3-2-4-6-15/h2-6,9-10,30H,7-8,11-14H2,1H3,(H,26,31,33)/b17-9+. The van der Waals surface area contributed by atoms with Gasteiger partial charge in [0.05, 0.1) is 17.2 Å². The fraction of sp³-hybridized carbons (Fsp3) is 0.348.